The summed E-state index contributed by atoms with van der Waals surface area (Å²) in [6, 6.07) is 0.450. The zero-order chi connectivity index (χ0) is 12.1. The molecule has 1 fully saturated rings. The minimum atomic E-state index is 0.450. The van der Waals surface area contributed by atoms with Crippen molar-refractivity contribution in [1.82, 2.24) is 14.9 Å². The number of nitrogen functional groups attached to an aromatic ring is 1. The molecule has 2 rings (SSSR count). The van der Waals surface area contributed by atoms with Gasteiger partial charge in [-0.3, -0.25) is 4.98 Å². The smallest absolute Gasteiger partial charge is 0.160 e. The summed E-state index contributed by atoms with van der Waals surface area (Å²) >= 11 is 0. The van der Waals surface area contributed by atoms with E-state index in [4.69, 9.17) is 5.84 Å². The molecule has 0 saturated carbocycles. The van der Waals surface area contributed by atoms with E-state index in [9.17, 15) is 0 Å². The zero-order valence-electron chi connectivity index (χ0n) is 10.2. The summed E-state index contributed by atoms with van der Waals surface area (Å²) < 4.78 is 0. The number of aromatic nitrogens is 2. The van der Waals surface area contributed by atoms with Crippen LogP contribution in [0.1, 0.15) is 19.8 Å². The lowest BCUT2D eigenvalue weighted by Gasteiger charge is -2.32. The van der Waals surface area contributed by atoms with Crippen molar-refractivity contribution >= 4 is 11.6 Å². The van der Waals surface area contributed by atoms with Crippen molar-refractivity contribution in [2.75, 3.05) is 30.4 Å². The van der Waals surface area contributed by atoms with E-state index in [1.165, 1.54) is 19.4 Å². The summed E-state index contributed by atoms with van der Waals surface area (Å²) in [5, 5.41) is 3.41. The van der Waals surface area contributed by atoms with E-state index < -0.39 is 0 Å². The number of piperidine rings is 1. The predicted octanol–water partition coefficient (Wildman–Crippen LogP) is 0.658. The number of rotatable bonds is 4. The van der Waals surface area contributed by atoms with Crippen LogP contribution in [0, 0.1) is 0 Å². The van der Waals surface area contributed by atoms with Crippen molar-refractivity contribution in [3.63, 3.8) is 0 Å². The van der Waals surface area contributed by atoms with Gasteiger partial charge in [0.15, 0.2) is 5.82 Å². The molecule has 2 heterocycles. The number of nitrogens with one attached hydrogen (secondary N) is 2. The molecule has 0 bridgehead atoms. The fourth-order valence-corrected chi connectivity index (χ4v) is 2.17. The van der Waals surface area contributed by atoms with E-state index in [-0.39, 0.29) is 0 Å². The van der Waals surface area contributed by atoms with Crippen LogP contribution in [0.2, 0.25) is 0 Å². The van der Waals surface area contributed by atoms with Gasteiger partial charge in [-0.1, -0.05) is 6.92 Å². The van der Waals surface area contributed by atoms with Crippen LogP contribution in [0.15, 0.2) is 12.4 Å². The van der Waals surface area contributed by atoms with Crippen LogP contribution in [0.25, 0.3) is 0 Å². The molecule has 1 aliphatic heterocycles. The lowest BCUT2D eigenvalue weighted by atomic mass is 10.1. The third-order valence-corrected chi connectivity index (χ3v) is 3.09. The monoisotopic (exact) mass is 236 g/mol. The van der Waals surface area contributed by atoms with Gasteiger partial charge >= 0.3 is 0 Å². The summed E-state index contributed by atoms with van der Waals surface area (Å²) in [5.74, 6) is 6.67. The minimum Gasteiger partial charge on any atom is -0.365 e. The molecular formula is C11H20N6. The van der Waals surface area contributed by atoms with Crippen LogP contribution in [0.3, 0.4) is 0 Å². The highest BCUT2D eigenvalue weighted by molar-refractivity contribution is 5.41. The van der Waals surface area contributed by atoms with Gasteiger partial charge in [0.25, 0.3) is 0 Å². The Bertz CT molecular complexity index is 356. The second-order valence-electron chi connectivity index (χ2n) is 4.31. The van der Waals surface area contributed by atoms with Crippen LogP contribution in [-0.2, 0) is 0 Å². The molecule has 1 atom stereocenters. The summed E-state index contributed by atoms with van der Waals surface area (Å²) in [5.41, 5.74) is 2.50. The van der Waals surface area contributed by atoms with Crippen molar-refractivity contribution in [3.8, 4) is 0 Å². The molecule has 0 spiro atoms. The second-order valence-corrected chi connectivity index (χ2v) is 4.31. The molecule has 4 N–H and O–H groups in total. The summed E-state index contributed by atoms with van der Waals surface area (Å²) in [7, 11) is 0. The third-order valence-electron chi connectivity index (χ3n) is 3.09. The Morgan fingerprint density at radius 3 is 3.06 bits per heavy atom. The van der Waals surface area contributed by atoms with Gasteiger partial charge in [0.05, 0.1) is 12.4 Å². The maximum atomic E-state index is 5.31. The van der Waals surface area contributed by atoms with Crippen LogP contribution in [0.5, 0.6) is 0 Å². The van der Waals surface area contributed by atoms with E-state index in [0.717, 1.165) is 18.9 Å². The van der Waals surface area contributed by atoms with Crippen molar-refractivity contribution in [3.05, 3.63) is 12.4 Å². The fourth-order valence-electron chi connectivity index (χ4n) is 2.17. The maximum Gasteiger partial charge on any atom is 0.160 e. The van der Waals surface area contributed by atoms with Crippen LogP contribution in [-0.4, -0.2) is 40.5 Å². The van der Waals surface area contributed by atoms with Gasteiger partial charge in [-0.05, 0) is 25.9 Å². The number of hydrazine groups is 1. The molecular weight excluding hydrogens is 216 g/mol. The molecule has 1 aromatic rings. The molecule has 6 heteroatoms. The van der Waals surface area contributed by atoms with Crippen LogP contribution < -0.4 is 16.6 Å². The number of anilines is 2. The lowest BCUT2D eigenvalue weighted by Crippen LogP contribution is -2.42. The Labute approximate surface area is 102 Å². The number of hydrogen-bond acceptors (Lipinski definition) is 6. The molecule has 0 aliphatic carbocycles. The zero-order valence-corrected chi connectivity index (χ0v) is 10.2. The topological polar surface area (TPSA) is 79.1 Å². The van der Waals surface area contributed by atoms with E-state index in [1.807, 2.05) is 0 Å². The number of nitrogens with zero attached hydrogens (tertiary/aromatic N) is 3. The third kappa shape index (κ3) is 3.28. The summed E-state index contributed by atoms with van der Waals surface area (Å²) in [4.78, 5) is 10.8. The Balaban J connectivity index is 1.95. The molecule has 1 aliphatic rings. The normalized spacial score (nSPS) is 21.2. The van der Waals surface area contributed by atoms with Gasteiger partial charge in [0.1, 0.15) is 5.82 Å². The standard InChI is InChI=1S/C11H20N6/c1-2-17-5-3-4-9(8-17)14-10-6-13-7-11(15-10)16-12/h6-7,9H,2-5,8,12H2,1H3,(H2,14,15,16). The van der Waals surface area contributed by atoms with Crippen molar-refractivity contribution in [1.29, 1.82) is 0 Å². The second kappa shape index (κ2) is 5.79. The molecule has 1 unspecified atom stereocenters. The first-order valence-corrected chi connectivity index (χ1v) is 6.09. The van der Waals surface area contributed by atoms with Crippen LogP contribution in [0.4, 0.5) is 11.6 Å². The fraction of sp³-hybridized carbons (Fsp3) is 0.636. The van der Waals surface area contributed by atoms with Gasteiger partial charge in [-0.25, -0.2) is 10.8 Å². The molecule has 0 radical (unpaired) electrons. The number of likely N-dealkylation sites (tertiary alicyclic amines) is 1. The molecule has 0 aromatic carbocycles. The Morgan fingerprint density at radius 1 is 1.47 bits per heavy atom. The maximum absolute atomic E-state index is 5.31. The molecule has 6 nitrogen and oxygen atoms in total. The van der Waals surface area contributed by atoms with Gasteiger partial charge in [-0.2, -0.15) is 0 Å². The van der Waals surface area contributed by atoms with Crippen molar-refractivity contribution < 1.29 is 0 Å². The number of nitrogens with two attached hydrogens (primary N) is 1. The molecule has 0 amide bonds. The minimum absolute atomic E-state index is 0.450. The van der Waals surface area contributed by atoms with Crippen molar-refractivity contribution in [2.24, 2.45) is 5.84 Å². The van der Waals surface area contributed by atoms with E-state index in [1.54, 1.807) is 12.4 Å². The van der Waals surface area contributed by atoms with Crippen molar-refractivity contribution in [2.45, 2.75) is 25.8 Å². The van der Waals surface area contributed by atoms with Gasteiger partial charge < -0.3 is 15.6 Å². The first kappa shape index (κ1) is 12.1. The quantitative estimate of drug-likeness (QED) is 0.526. The SMILES string of the molecule is CCN1CCCC(Nc2cncc(NN)n2)C1. The average Bonchev–Trinajstić information content (AvgIpc) is 2.39. The van der Waals surface area contributed by atoms with E-state index >= 15 is 0 Å². The number of hydrogen-bond donors (Lipinski definition) is 3. The molecule has 17 heavy (non-hydrogen) atoms. The Kier molecular flexibility index (Phi) is 4.11. The predicted molar refractivity (Wildman–Crippen MR) is 68.6 cm³/mol. The molecule has 1 saturated heterocycles. The highest BCUT2D eigenvalue weighted by Gasteiger charge is 2.18. The Hall–Kier alpha value is -1.40. The lowest BCUT2D eigenvalue weighted by molar-refractivity contribution is 0.226. The average molecular weight is 236 g/mol. The van der Waals surface area contributed by atoms with Gasteiger partial charge in [-0.15, -0.1) is 0 Å². The highest BCUT2D eigenvalue weighted by atomic mass is 15.3. The highest BCUT2D eigenvalue weighted by Crippen LogP contribution is 2.14. The summed E-state index contributed by atoms with van der Waals surface area (Å²) in [6.45, 7) is 5.57. The van der Waals surface area contributed by atoms with E-state index in [2.05, 4.69) is 32.5 Å². The first-order chi connectivity index (χ1) is 8.31. The van der Waals surface area contributed by atoms with E-state index in [0.29, 0.717) is 11.9 Å². The summed E-state index contributed by atoms with van der Waals surface area (Å²) in [6.07, 6.45) is 5.74. The van der Waals surface area contributed by atoms with Gasteiger partial charge in [0, 0.05) is 12.6 Å². The number of likely N-dealkylation sites (N-methyl/N-ethyl adjacent to an activating group) is 1. The molecule has 94 valence electrons. The molecule has 1 aromatic heterocycles. The largest absolute Gasteiger partial charge is 0.365 e. The van der Waals surface area contributed by atoms with Crippen LogP contribution >= 0.6 is 0 Å². The first-order valence-electron chi connectivity index (χ1n) is 6.09. The Morgan fingerprint density at radius 2 is 2.29 bits per heavy atom. The van der Waals surface area contributed by atoms with Gasteiger partial charge in [0.2, 0.25) is 0 Å².